The minimum absolute atomic E-state index is 0.786. The second-order valence-corrected chi connectivity index (χ2v) is 4.74. The smallest absolute Gasteiger partial charge is 0.192 e. The summed E-state index contributed by atoms with van der Waals surface area (Å²) in [7, 11) is 0. The molecule has 3 nitrogen and oxygen atoms in total. The van der Waals surface area contributed by atoms with Gasteiger partial charge in [0, 0.05) is 13.1 Å². The van der Waals surface area contributed by atoms with Crippen molar-refractivity contribution in [1.29, 1.82) is 0 Å². The van der Waals surface area contributed by atoms with Crippen molar-refractivity contribution in [3.8, 4) is 0 Å². The Bertz CT molecular complexity index is 487. The Morgan fingerprint density at radius 3 is 3.00 bits per heavy atom. The van der Waals surface area contributed by atoms with Gasteiger partial charge >= 0.3 is 0 Å². The van der Waals surface area contributed by atoms with Crippen LogP contribution in [-0.2, 0) is 0 Å². The molecule has 0 spiro atoms. The molecule has 2 heterocycles. The summed E-state index contributed by atoms with van der Waals surface area (Å²) >= 11 is 6.89. The van der Waals surface area contributed by atoms with Gasteiger partial charge in [0.25, 0.3) is 0 Å². The first kappa shape index (κ1) is 9.06. The van der Waals surface area contributed by atoms with Crippen LogP contribution in [0.15, 0.2) is 24.3 Å². The summed E-state index contributed by atoms with van der Waals surface area (Å²) in [4.78, 5) is 6.62. The van der Waals surface area contributed by atoms with Gasteiger partial charge in [-0.2, -0.15) is 0 Å². The van der Waals surface area contributed by atoms with Crippen molar-refractivity contribution < 1.29 is 0 Å². The van der Waals surface area contributed by atoms with Crippen LogP contribution < -0.4 is 10.2 Å². The van der Waals surface area contributed by atoms with E-state index in [1.54, 1.807) is 11.3 Å². The molecule has 0 aliphatic carbocycles. The molecule has 2 aromatic rings. The largest absolute Gasteiger partial charge is 0.360 e. The van der Waals surface area contributed by atoms with E-state index in [4.69, 9.17) is 12.2 Å². The zero-order chi connectivity index (χ0) is 10.3. The first-order chi connectivity index (χ1) is 7.34. The molecule has 0 unspecified atom stereocenters. The summed E-state index contributed by atoms with van der Waals surface area (Å²) in [5.41, 5.74) is 1.05. The van der Waals surface area contributed by atoms with E-state index in [9.17, 15) is 0 Å². The number of benzene rings is 1. The van der Waals surface area contributed by atoms with Crippen LogP contribution in [0.5, 0.6) is 0 Å². The number of para-hydroxylation sites is 1. The number of thiazole rings is 1. The Hall–Kier alpha value is -1.20. The number of hydrogen-bond donors (Lipinski definition) is 1. The fraction of sp³-hybridized carbons (Fsp3) is 0.200. The number of anilines is 1. The molecular formula is C10H9N3S2. The van der Waals surface area contributed by atoms with Crippen LogP contribution in [0.2, 0.25) is 0 Å². The fourth-order valence-electron chi connectivity index (χ4n) is 1.63. The normalized spacial score (nSPS) is 16.0. The van der Waals surface area contributed by atoms with E-state index in [0.29, 0.717) is 0 Å². The molecule has 1 N–H and O–H groups in total. The second kappa shape index (κ2) is 3.43. The van der Waals surface area contributed by atoms with Crippen LogP contribution in [0, 0.1) is 0 Å². The molecule has 0 bridgehead atoms. The van der Waals surface area contributed by atoms with Gasteiger partial charge in [0.1, 0.15) is 0 Å². The van der Waals surface area contributed by atoms with E-state index >= 15 is 0 Å². The summed E-state index contributed by atoms with van der Waals surface area (Å²) in [6, 6.07) is 8.15. The van der Waals surface area contributed by atoms with Crippen LogP contribution >= 0.6 is 23.6 Å². The lowest BCUT2D eigenvalue weighted by molar-refractivity contribution is 0.973. The summed E-state index contributed by atoms with van der Waals surface area (Å²) in [5, 5.41) is 4.91. The second-order valence-electron chi connectivity index (χ2n) is 3.35. The van der Waals surface area contributed by atoms with Gasteiger partial charge < -0.3 is 5.32 Å². The van der Waals surface area contributed by atoms with Gasteiger partial charge in [-0.3, -0.25) is 4.90 Å². The maximum Gasteiger partial charge on any atom is 0.192 e. The van der Waals surface area contributed by atoms with E-state index in [1.165, 1.54) is 4.70 Å². The number of nitrogens with zero attached hydrogens (tertiary/aromatic N) is 2. The number of aromatic nitrogens is 1. The molecule has 1 fully saturated rings. The van der Waals surface area contributed by atoms with Crippen molar-refractivity contribution in [3.05, 3.63) is 24.3 Å². The molecule has 0 atom stereocenters. The van der Waals surface area contributed by atoms with E-state index in [1.807, 2.05) is 18.2 Å². The summed E-state index contributed by atoms with van der Waals surface area (Å²) < 4.78 is 1.21. The van der Waals surface area contributed by atoms with E-state index in [-0.39, 0.29) is 0 Å². The van der Waals surface area contributed by atoms with Crippen LogP contribution in [0.1, 0.15) is 0 Å². The third kappa shape index (κ3) is 1.48. The first-order valence-electron chi connectivity index (χ1n) is 4.75. The van der Waals surface area contributed by atoms with Gasteiger partial charge in [-0.15, -0.1) is 0 Å². The first-order valence-corrected chi connectivity index (χ1v) is 5.98. The topological polar surface area (TPSA) is 28.2 Å². The van der Waals surface area contributed by atoms with Crippen molar-refractivity contribution in [1.82, 2.24) is 10.3 Å². The number of thiocarbonyl (C=S) groups is 1. The maximum absolute atomic E-state index is 5.21. The molecule has 0 radical (unpaired) electrons. The summed E-state index contributed by atoms with van der Waals surface area (Å²) in [6.07, 6.45) is 0. The van der Waals surface area contributed by atoms with Crippen molar-refractivity contribution in [2.24, 2.45) is 0 Å². The molecule has 76 valence electrons. The number of fused-ring (bicyclic) bond motifs is 1. The highest BCUT2D eigenvalue weighted by molar-refractivity contribution is 7.80. The van der Waals surface area contributed by atoms with Crippen molar-refractivity contribution in [3.63, 3.8) is 0 Å². The number of hydrogen-bond acceptors (Lipinski definition) is 3. The van der Waals surface area contributed by atoms with Crippen molar-refractivity contribution in [2.45, 2.75) is 0 Å². The molecule has 1 aliphatic rings. The molecule has 0 amide bonds. The molecule has 15 heavy (non-hydrogen) atoms. The van der Waals surface area contributed by atoms with Crippen LogP contribution in [-0.4, -0.2) is 23.2 Å². The minimum Gasteiger partial charge on any atom is -0.360 e. The average molecular weight is 235 g/mol. The average Bonchev–Trinajstić information content (AvgIpc) is 2.82. The Kier molecular flexibility index (Phi) is 2.07. The molecule has 5 heteroatoms. The summed E-state index contributed by atoms with van der Waals surface area (Å²) in [5.74, 6) is 0. The van der Waals surface area contributed by atoms with Gasteiger partial charge in [0.2, 0.25) is 0 Å². The number of nitrogens with one attached hydrogen (secondary N) is 1. The van der Waals surface area contributed by atoms with Gasteiger partial charge in [-0.25, -0.2) is 4.98 Å². The van der Waals surface area contributed by atoms with Gasteiger partial charge in [-0.1, -0.05) is 23.5 Å². The highest BCUT2D eigenvalue weighted by Gasteiger charge is 2.20. The third-order valence-corrected chi connectivity index (χ3v) is 3.79. The fourth-order valence-corrected chi connectivity index (χ4v) is 2.97. The lowest BCUT2D eigenvalue weighted by atomic mass is 10.3. The zero-order valence-corrected chi connectivity index (χ0v) is 9.57. The Balaban J connectivity index is 2.08. The highest BCUT2D eigenvalue weighted by Crippen LogP contribution is 2.29. The lowest BCUT2D eigenvalue weighted by Gasteiger charge is -2.11. The molecule has 1 aliphatic heterocycles. The molecule has 1 aromatic carbocycles. The van der Waals surface area contributed by atoms with E-state index < -0.39 is 0 Å². The highest BCUT2D eigenvalue weighted by atomic mass is 32.1. The molecule has 1 saturated heterocycles. The van der Waals surface area contributed by atoms with Gasteiger partial charge in [0.15, 0.2) is 10.2 Å². The Labute approximate surface area is 96.7 Å². The van der Waals surface area contributed by atoms with Gasteiger partial charge in [0.05, 0.1) is 10.2 Å². The predicted molar refractivity (Wildman–Crippen MR) is 67.6 cm³/mol. The van der Waals surface area contributed by atoms with Crippen molar-refractivity contribution in [2.75, 3.05) is 18.0 Å². The molecule has 3 rings (SSSR count). The monoisotopic (exact) mass is 235 g/mol. The van der Waals surface area contributed by atoms with Crippen molar-refractivity contribution >= 4 is 44.0 Å². The van der Waals surface area contributed by atoms with E-state index in [2.05, 4.69) is 21.3 Å². The van der Waals surface area contributed by atoms with Gasteiger partial charge in [-0.05, 0) is 24.4 Å². The quantitative estimate of drug-likeness (QED) is 0.765. The SMILES string of the molecule is S=C1NCCN1c1nc2ccccc2s1. The van der Waals surface area contributed by atoms with Crippen LogP contribution in [0.3, 0.4) is 0 Å². The third-order valence-electron chi connectivity index (χ3n) is 2.37. The molecule has 1 aromatic heterocycles. The maximum atomic E-state index is 5.21. The predicted octanol–water partition coefficient (Wildman–Crippen LogP) is 1.99. The van der Waals surface area contributed by atoms with Crippen LogP contribution in [0.4, 0.5) is 5.13 Å². The molecular weight excluding hydrogens is 226 g/mol. The number of rotatable bonds is 1. The van der Waals surface area contributed by atoms with E-state index in [0.717, 1.165) is 28.9 Å². The van der Waals surface area contributed by atoms with Crippen LogP contribution in [0.25, 0.3) is 10.2 Å². The Morgan fingerprint density at radius 1 is 1.40 bits per heavy atom. The summed E-state index contributed by atoms with van der Waals surface area (Å²) in [6.45, 7) is 1.83. The Morgan fingerprint density at radius 2 is 2.27 bits per heavy atom. The minimum atomic E-state index is 0.786. The lowest BCUT2D eigenvalue weighted by Crippen LogP contribution is -2.27. The zero-order valence-electron chi connectivity index (χ0n) is 7.93. The standard InChI is InChI=1S/C10H9N3S2/c14-9-11-5-6-13(9)10-12-7-3-1-2-4-8(7)15-10/h1-4H,5-6H2,(H,11,14). The molecule has 0 saturated carbocycles.